The molecule has 3 amide bonds. The first-order chi connectivity index (χ1) is 16.0. The summed E-state index contributed by atoms with van der Waals surface area (Å²) in [5.41, 5.74) is 0.845. The minimum Gasteiger partial charge on any atom is -0.459 e. The number of carbonyl (C=O) groups excluding carboxylic acids is 4. The highest BCUT2D eigenvalue weighted by atomic mass is 32.2. The van der Waals surface area contributed by atoms with Crippen LogP contribution in [-0.2, 0) is 30.5 Å². The standard InChI is InChI=1S/C24H31N3O6S/c1-24(2)18(23(32)33-13-14-9-6-5-7-10-14)27-20(30)16(22(27)34-24)17(28)21(31)26-12-8-11-15(26)19(29)25(3)4/h5-7,9-10,15-18,22,28H,8,11-13H2,1-4H3/t15-,16+,17-,18-,22+/m0/s1. The molecule has 1 aromatic carbocycles. The fourth-order valence-electron chi connectivity index (χ4n) is 5.03. The van der Waals surface area contributed by atoms with E-state index in [1.807, 2.05) is 44.2 Å². The van der Waals surface area contributed by atoms with Gasteiger partial charge in [0.05, 0.1) is 5.37 Å². The SMILES string of the molecule is CN(C)C(=O)[C@@H]1CCCN1C(=O)[C@@H](O)[C@@H]1C(=O)N2[C@@H]1SC(C)(C)[C@@H]2C(=O)OCc1ccccc1. The van der Waals surface area contributed by atoms with E-state index in [0.717, 1.165) is 5.56 Å². The molecule has 0 saturated carbocycles. The Morgan fingerprint density at radius 2 is 1.91 bits per heavy atom. The van der Waals surface area contributed by atoms with Crippen LogP contribution < -0.4 is 0 Å². The second-order valence-corrected chi connectivity index (χ2v) is 11.5. The molecule has 0 bridgehead atoms. The van der Waals surface area contributed by atoms with Gasteiger partial charge >= 0.3 is 5.97 Å². The molecule has 0 aliphatic carbocycles. The number of likely N-dealkylation sites (N-methyl/N-ethyl adjacent to an activating group) is 1. The summed E-state index contributed by atoms with van der Waals surface area (Å²) in [6, 6.07) is 7.85. The Hall–Kier alpha value is -2.59. The van der Waals surface area contributed by atoms with Crippen LogP contribution in [0.3, 0.4) is 0 Å². The van der Waals surface area contributed by atoms with Gasteiger partial charge in [-0.05, 0) is 32.3 Å². The fraction of sp³-hybridized carbons (Fsp3) is 0.583. The maximum atomic E-state index is 13.1. The number of nitrogens with zero attached hydrogens (tertiary/aromatic N) is 3. The monoisotopic (exact) mass is 489 g/mol. The van der Waals surface area contributed by atoms with E-state index in [9.17, 15) is 24.3 Å². The van der Waals surface area contributed by atoms with Crippen LogP contribution >= 0.6 is 11.8 Å². The van der Waals surface area contributed by atoms with E-state index in [0.29, 0.717) is 19.4 Å². The number of aliphatic hydroxyl groups excluding tert-OH is 1. The van der Waals surface area contributed by atoms with Gasteiger partial charge in [0.15, 0.2) is 0 Å². The van der Waals surface area contributed by atoms with Crippen molar-refractivity contribution in [3.63, 3.8) is 0 Å². The van der Waals surface area contributed by atoms with Crippen LogP contribution in [0.5, 0.6) is 0 Å². The first-order valence-corrected chi connectivity index (χ1v) is 12.3. The van der Waals surface area contributed by atoms with E-state index < -0.39 is 52.0 Å². The molecular formula is C24H31N3O6S. The third-order valence-corrected chi connectivity index (χ3v) is 8.38. The number of rotatable bonds is 6. The molecule has 3 saturated heterocycles. The molecule has 3 aliphatic rings. The molecule has 184 valence electrons. The van der Waals surface area contributed by atoms with Gasteiger partial charge in [-0.1, -0.05) is 30.3 Å². The Morgan fingerprint density at radius 3 is 2.56 bits per heavy atom. The number of carbonyl (C=O) groups is 4. The zero-order chi connectivity index (χ0) is 24.8. The Labute approximate surface area is 203 Å². The topological polar surface area (TPSA) is 107 Å². The molecule has 10 heteroatoms. The number of esters is 1. The number of β-lactam (4-membered cyclic amide) rings is 1. The van der Waals surface area contributed by atoms with Gasteiger partial charge < -0.3 is 24.5 Å². The second-order valence-electron chi connectivity index (χ2n) is 9.75. The molecule has 0 spiro atoms. The minimum atomic E-state index is -1.56. The number of hydrogen-bond donors (Lipinski definition) is 1. The third kappa shape index (κ3) is 4.17. The summed E-state index contributed by atoms with van der Waals surface area (Å²) < 4.78 is 4.86. The number of amides is 3. The maximum absolute atomic E-state index is 13.1. The predicted octanol–water partition coefficient (Wildman–Crippen LogP) is 0.848. The van der Waals surface area contributed by atoms with Gasteiger partial charge in [-0.2, -0.15) is 0 Å². The number of thioether (sulfide) groups is 1. The molecule has 3 fully saturated rings. The van der Waals surface area contributed by atoms with E-state index in [-0.39, 0.29) is 12.5 Å². The lowest BCUT2D eigenvalue weighted by Gasteiger charge is -2.46. The summed E-state index contributed by atoms with van der Waals surface area (Å²) in [5, 5.41) is 10.4. The van der Waals surface area contributed by atoms with Crippen molar-refractivity contribution in [2.75, 3.05) is 20.6 Å². The van der Waals surface area contributed by atoms with Crippen molar-refractivity contribution in [3.8, 4) is 0 Å². The Bertz CT molecular complexity index is 984. The van der Waals surface area contributed by atoms with Crippen LogP contribution in [0.25, 0.3) is 0 Å². The summed E-state index contributed by atoms with van der Waals surface area (Å²) in [6.45, 7) is 4.18. The van der Waals surface area contributed by atoms with Crippen LogP contribution in [0.1, 0.15) is 32.3 Å². The van der Waals surface area contributed by atoms with E-state index in [1.165, 1.54) is 26.5 Å². The van der Waals surface area contributed by atoms with Crippen molar-refractivity contribution in [3.05, 3.63) is 35.9 Å². The number of hydrogen-bond acceptors (Lipinski definition) is 7. The first-order valence-electron chi connectivity index (χ1n) is 11.4. The molecule has 5 atom stereocenters. The molecule has 3 aliphatic heterocycles. The van der Waals surface area contributed by atoms with Crippen LogP contribution in [-0.4, -0.2) is 92.4 Å². The second kappa shape index (κ2) is 9.22. The molecule has 1 aromatic rings. The van der Waals surface area contributed by atoms with Crippen molar-refractivity contribution >= 4 is 35.5 Å². The maximum Gasteiger partial charge on any atom is 0.330 e. The summed E-state index contributed by atoms with van der Waals surface area (Å²) in [7, 11) is 3.25. The quantitative estimate of drug-likeness (QED) is 0.466. The van der Waals surface area contributed by atoms with Crippen LogP contribution in [0.4, 0.5) is 0 Å². The number of likely N-dealkylation sites (tertiary alicyclic amines) is 1. The number of ether oxygens (including phenoxy) is 1. The number of fused-ring (bicyclic) bond motifs is 1. The van der Waals surface area contributed by atoms with Gasteiger partial charge in [0, 0.05) is 25.4 Å². The molecule has 34 heavy (non-hydrogen) atoms. The van der Waals surface area contributed by atoms with Gasteiger partial charge in [-0.15, -0.1) is 11.8 Å². The average Bonchev–Trinajstić information content (AvgIpc) is 3.37. The van der Waals surface area contributed by atoms with E-state index in [4.69, 9.17) is 4.74 Å². The van der Waals surface area contributed by atoms with Gasteiger partial charge in [-0.25, -0.2) is 4.79 Å². The van der Waals surface area contributed by atoms with Crippen molar-refractivity contribution in [1.29, 1.82) is 0 Å². The third-order valence-electron chi connectivity index (χ3n) is 6.78. The largest absolute Gasteiger partial charge is 0.459 e. The van der Waals surface area contributed by atoms with Crippen molar-refractivity contribution in [1.82, 2.24) is 14.7 Å². The normalized spacial score (nSPS) is 28.2. The van der Waals surface area contributed by atoms with Gasteiger partial charge in [0.1, 0.15) is 30.7 Å². The summed E-state index contributed by atoms with van der Waals surface area (Å²) >= 11 is 1.39. The highest BCUT2D eigenvalue weighted by Gasteiger charge is 2.66. The summed E-state index contributed by atoms with van der Waals surface area (Å²) in [6.07, 6.45) is -0.374. The highest BCUT2D eigenvalue weighted by Crippen LogP contribution is 2.54. The lowest BCUT2D eigenvalue weighted by Crippen LogP contribution is -2.67. The molecule has 1 N–H and O–H groups in total. The van der Waals surface area contributed by atoms with Crippen LogP contribution in [0.2, 0.25) is 0 Å². The Kier molecular flexibility index (Phi) is 6.65. The lowest BCUT2D eigenvalue weighted by atomic mass is 9.87. The molecule has 0 radical (unpaired) electrons. The first kappa shape index (κ1) is 24.5. The summed E-state index contributed by atoms with van der Waals surface area (Å²) in [5.74, 6) is -2.71. The van der Waals surface area contributed by atoms with Crippen molar-refractivity contribution < 1.29 is 29.0 Å². The lowest BCUT2D eigenvalue weighted by molar-refractivity contribution is -0.176. The van der Waals surface area contributed by atoms with Gasteiger partial charge in [-0.3, -0.25) is 14.4 Å². The molecule has 0 aromatic heterocycles. The molecule has 9 nitrogen and oxygen atoms in total. The molecule has 3 heterocycles. The van der Waals surface area contributed by atoms with E-state index in [1.54, 1.807) is 14.1 Å². The van der Waals surface area contributed by atoms with Crippen LogP contribution in [0, 0.1) is 5.92 Å². The predicted molar refractivity (Wildman–Crippen MR) is 125 cm³/mol. The highest BCUT2D eigenvalue weighted by molar-refractivity contribution is 8.01. The zero-order valence-electron chi connectivity index (χ0n) is 19.8. The van der Waals surface area contributed by atoms with E-state index in [2.05, 4.69) is 0 Å². The van der Waals surface area contributed by atoms with Gasteiger partial charge in [0.2, 0.25) is 11.8 Å². The Balaban J connectivity index is 1.45. The Morgan fingerprint density at radius 1 is 1.24 bits per heavy atom. The molecule has 4 rings (SSSR count). The summed E-state index contributed by atoms with van der Waals surface area (Å²) in [4.78, 5) is 55.9. The number of aliphatic hydroxyl groups is 1. The van der Waals surface area contributed by atoms with E-state index >= 15 is 0 Å². The molecular weight excluding hydrogens is 458 g/mol. The fourth-order valence-corrected chi connectivity index (χ4v) is 6.74. The van der Waals surface area contributed by atoms with Crippen molar-refractivity contribution in [2.24, 2.45) is 5.92 Å². The van der Waals surface area contributed by atoms with Gasteiger partial charge in [0.25, 0.3) is 5.91 Å². The molecule has 0 unspecified atom stereocenters. The average molecular weight is 490 g/mol. The minimum absolute atomic E-state index is 0.102. The van der Waals surface area contributed by atoms with Crippen LogP contribution in [0.15, 0.2) is 30.3 Å². The smallest absolute Gasteiger partial charge is 0.330 e. The number of benzene rings is 1. The zero-order valence-corrected chi connectivity index (χ0v) is 20.7. The van der Waals surface area contributed by atoms with Crippen molar-refractivity contribution in [2.45, 2.75) is 61.6 Å².